The summed E-state index contributed by atoms with van der Waals surface area (Å²) in [5, 5.41) is 2.91. The van der Waals surface area contributed by atoms with Crippen LogP contribution in [-0.2, 0) is 17.8 Å². The average Bonchev–Trinajstić information content (AvgIpc) is 2.83. The highest BCUT2D eigenvalue weighted by Gasteiger charge is 2.29. The van der Waals surface area contributed by atoms with E-state index in [1.807, 2.05) is 35.2 Å². The van der Waals surface area contributed by atoms with Crippen LogP contribution in [0.5, 0.6) is 5.75 Å². The number of methoxy groups -OCH3 is 1. The molecule has 0 atom stereocenters. The minimum absolute atomic E-state index is 0.0883. The Morgan fingerprint density at radius 2 is 1.76 bits per heavy atom. The van der Waals surface area contributed by atoms with Crippen molar-refractivity contribution in [2.75, 3.05) is 30.4 Å². The first-order valence-electron chi connectivity index (χ1n) is 10.9. The van der Waals surface area contributed by atoms with Gasteiger partial charge in [0, 0.05) is 25.7 Å². The predicted octanol–water partition coefficient (Wildman–Crippen LogP) is 4.85. The fourth-order valence-electron chi connectivity index (χ4n) is 3.92. The zero-order valence-corrected chi connectivity index (χ0v) is 18.5. The third kappa shape index (κ3) is 5.49. The maximum Gasteiger partial charge on any atom is 0.324 e. The summed E-state index contributed by atoms with van der Waals surface area (Å²) in [6.07, 6.45) is 0.901. The molecule has 0 aliphatic carbocycles. The van der Waals surface area contributed by atoms with Gasteiger partial charge in [-0.1, -0.05) is 42.5 Å². The smallest absolute Gasteiger partial charge is 0.324 e. The van der Waals surface area contributed by atoms with Crippen LogP contribution in [0.15, 0.2) is 72.8 Å². The molecule has 6 nitrogen and oxygen atoms in total. The molecule has 3 aromatic carbocycles. The molecular weight excluding hydrogens is 421 g/mol. The number of rotatable bonds is 7. The summed E-state index contributed by atoms with van der Waals surface area (Å²) < 4.78 is 18.5. The number of hydrogen-bond acceptors (Lipinski definition) is 3. The molecule has 0 saturated carbocycles. The zero-order valence-electron chi connectivity index (χ0n) is 18.5. The van der Waals surface area contributed by atoms with Crippen molar-refractivity contribution >= 4 is 23.3 Å². The van der Waals surface area contributed by atoms with Crippen molar-refractivity contribution < 1.29 is 18.7 Å². The van der Waals surface area contributed by atoms with Gasteiger partial charge in [-0.3, -0.25) is 9.69 Å². The van der Waals surface area contributed by atoms with Crippen molar-refractivity contribution in [3.8, 4) is 5.75 Å². The molecular formula is C26H26FN3O3. The van der Waals surface area contributed by atoms with Crippen LogP contribution in [0.2, 0.25) is 0 Å². The first-order valence-corrected chi connectivity index (χ1v) is 10.9. The molecule has 0 spiro atoms. The highest BCUT2D eigenvalue weighted by molar-refractivity contribution is 6.01. The van der Waals surface area contributed by atoms with Gasteiger partial charge < -0.3 is 15.0 Å². The summed E-state index contributed by atoms with van der Waals surface area (Å²) in [6, 6.07) is 20.8. The van der Waals surface area contributed by atoms with E-state index in [1.54, 1.807) is 42.3 Å². The number of carbonyl (C=O) groups is 2. The van der Waals surface area contributed by atoms with Gasteiger partial charge in [-0.15, -0.1) is 0 Å². The number of hydrogen-bond donors (Lipinski definition) is 1. The lowest BCUT2D eigenvalue weighted by atomic mass is 10.1. The van der Waals surface area contributed by atoms with E-state index in [0.717, 1.165) is 12.0 Å². The fourth-order valence-corrected chi connectivity index (χ4v) is 3.92. The maximum atomic E-state index is 13.3. The van der Waals surface area contributed by atoms with Crippen molar-refractivity contribution in [1.82, 2.24) is 4.90 Å². The Balaban J connectivity index is 1.54. The molecule has 0 aromatic heterocycles. The zero-order chi connectivity index (χ0) is 23.2. The lowest BCUT2D eigenvalue weighted by molar-refractivity contribution is -0.115. The number of nitrogens with one attached hydrogen (secondary N) is 1. The van der Waals surface area contributed by atoms with Gasteiger partial charge in [0.2, 0.25) is 5.91 Å². The highest BCUT2D eigenvalue weighted by Crippen LogP contribution is 2.33. The number of amides is 3. The Hall–Kier alpha value is -3.87. The first kappa shape index (κ1) is 22.3. The number of urea groups is 1. The maximum absolute atomic E-state index is 13.3. The van der Waals surface area contributed by atoms with Gasteiger partial charge in [0.15, 0.2) is 0 Å². The molecule has 1 saturated heterocycles. The number of carbonyl (C=O) groups excluding carboxylic acids is 2. The fraction of sp³-hybridized carbons (Fsp3) is 0.231. The molecule has 0 bridgehead atoms. The van der Waals surface area contributed by atoms with Crippen molar-refractivity contribution in [2.24, 2.45) is 0 Å². The van der Waals surface area contributed by atoms with Crippen molar-refractivity contribution in [3.63, 3.8) is 0 Å². The van der Waals surface area contributed by atoms with Gasteiger partial charge in [-0.25, -0.2) is 9.18 Å². The largest absolute Gasteiger partial charge is 0.497 e. The van der Waals surface area contributed by atoms with Crippen LogP contribution in [0.1, 0.15) is 17.5 Å². The standard InChI is InChI=1S/C26H26FN3O3/c1-33-22-12-13-24(23(17-22)28-25(31)16-19-8-10-21(27)11-9-19)30-15-5-14-29(26(30)32)18-20-6-3-2-4-7-20/h2-4,6-13,17H,5,14-16,18H2,1H3,(H,28,31). The quantitative estimate of drug-likeness (QED) is 0.563. The molecule has 33 heavy (non-hydrogen) atoms. The van der Waals surface area contributed by atoms with E-state index in [1.165, 1.54) is 12.1 Å². The van der Waals surface area contributed by atoms with Crippen LogP contribution in [0, 0.1) is 5.82 Å². The Labute approximate surface area is 192 Å². The predicted molar refractivity (Wildman–Crippen MR) is 126 cm³/mol. The summed E-state index contributed by atoms with van der Waals surface area (Å²) >= 11 is 0. The lowest BCUT2D eigenvalue weighted by Crippen LogP contribution is -2.49. The number of benzene rings is 3. The van der Waals surface area contributed by atoms with Gasteiger partial charge in [0.1, 0.15) is 11.6 Å². The van der Waals surface area contributed by atoms with E-state index < -0.39 is 0 Å². The van der Waals surface area contributed by atoms with Crippen LogP contribution in [0.4, 0.5) is 20.6 Å². The van der Waals surface area contributed by atoms with E-state index in [0.29, 0.717) is 42.3 Å². The molecule has 170 valence electrons. The Morgan fingerprint density at radius 1 is 1.00 bits per heavy atom. The van der Waals surface area contributed by atoms with Crippen molar-refractivity contribution in [1.29, 1.82) is 0 Å². The van der Waals surface area contributed by atoms with E-state index in [9.17, 15) is 14.0 Å². The van der Waals surface area contributed by atoms with Gasteiger partial charge >= 0.3 is 6.03 Å². The summed E-state index contributed by atoms with van der Waals surface area (Å²) in [5.41, 5.74) is 2.87. The second-order valence-corrected chi connectivity index (χ2v) is 7.93. The average molecular weight is 448 g/mol. The summed E-state index contributed by atoms with van der Waals surface area (Å²) in [7, 11) is 1.55. The summed E-state index contributed by atoms with van der Waals surface area (Å²) in [5.74, 6) is -0.0407. The second-order valence-electron chi connectivity index (χ2n) is 7.93. The van der Waals surface area contributed by atoms with Crippen LogP contribution in [0.3, 0.4) is 0 Å². The highest BCUT2D eigenvalue weighted by atomic mass is 19.1. The Bertz CT molecular complexity index is 1120. The molecule has 1 aliphatic rings. The molecule has 1 N–H and O–H groups in total. The number of ether oxygens (including phenoxy) is 1. The molecule has 1 aliphatic heterocycles. The van der Waals surface area contributed by atoms with E-state index in [4.69, 9.17) is 4.74 Å². The van der Waals surface area contributed by atoms with E-state index in [-0.39, 0.29) is 24.2 Å². The van der Waals surface area contributed by atoms with E-state index in [2.05, 4.69) is 5.32 Å². The van der Waals surface area contributed by atoms with Crippen molar-refractivity contribution in [3.05, 3.63) is 89.7 Å². The normalized spacial score (nSPS) is 13.7. The minimum Gasteiger partial charge on any atom is -0.497 e. The van der Waals surface area contributed by atoms with Crippen LogP contribution in [-0.4, -0.2) is 37.0 Å². The van der Waals surface area contributed by atoms with Gasteiger partial charge in [-0.05, 0) is 41.8 Å². The summed E-state index contributed by atoms with van der Waals surface area (Å²) in [6.45, 7) is 1.75. The third-order valence-electron chi connectivity index (χ3n) is 5.57. The molecule has 1 fully saturated rings. The topological polar surface area (TPSA) is 61.9 Å². The van der Waals surface area contributed by atoms with Crippen LogP contribution >= 0.6 is 0 Å². The van der Waals surface area contributed by atoms with Crippen LogP contribution < -0.4 is 15.0 Å². The SMILES string of the molecule is COc1ccc(N2CCCN(Cc3ccccc3)C2=O)c(NC(=O)Cc2ccc(F)cc2)c1. The Morgan fingerprint density at radius 3 is 2.48 bits per heavy atom. The summed E-state index contributed by atoms with van der Waals surface area (Å²) in [4.78, 5) is 29.6. The monoisotopic (exact) mass is 447 g/mol. The van der Waals surface area contributed by atoms with Crippen LogP contribution in [0.25, 0.3) is 0 Å². The van der Waals surface area contributed by atoms with Crippen molar-refractivity contribution in [2.45, 2.75) is 19.4 Å². The first-order chi connectivity index (χ1) is 16.0. The molecule has 0 radical (unpaired) electrons. The molecule has 3 aromatic rings. The molecule has 0 unspecified atom stereocenters. The van der Waals surface area contributed by atoms with E-state index >= 15 is 0 Å². The molecule has 1 heterocycles. The molecule has 3 amide bonds. The second kappa shape index (κ2) is 10.2. The Kier molecular flexibility index (Phi) is 6.88. The number of anilines is 2. The number of nitrogens with zero attached hydrogens (tertiary/aromatic N) is 2. The minimum atomic E-state index is -0.349. The van der Waals surface area contributed by atoms with Gasteiger partial charge in [0.25, 0.3) is 0 Å². The van der Waals surface area contributed by atoms with Gasteiger partial charge in [-0.2, -0.15) is 0 Å². The number of halogens is 1. The van der Waals surface area contributed by atoms with Gasteiger partial charge in [0.05, 0.1) is 24.9 Å². The third-order valence-corrected chi connectivity index (χ3v) is 5.57. The molecule has 4 rings (SSSR count). The molecule has 7 heteroatoms. The lowest BCUT2D eigenvalue weighted by Gasteiger charge is -2.36.